The molecule has 0 spiro atoms. The van der Waals surface area contributed by atoms with Crippen LogP contribution in [0.4, 0.5) is 10.1 Å². The number of hydrogen-bond donors (Lipinski definition) is 1. The fourth-order valence-corrected chi connectivity index (χ4v) is 3.82. The quantitative estimate of drug-likeness (QED) is 0.298. The summed E-state index contributed by atoms with van der Waals surface area (Å²) in [5, 5.41) is 2.56. The van der Waals surface area contributed by atoms with Gasteiger partial charge in [0.05, 0.1) is 5.69 Å². The molecule has 0 radical (unpaired) electrons. The summed E-state index contributed by atoms with van der Waals surface area (Å²) in [5.41, 5.74) is 1.31. The molecule has 160 valence electrons. The molecule has 4 rings (SSSR count). The van der Waals surface area contributed by atoms with E-state index in [1.807, 2.05) is 6.07 Å². The molecule has 0 atom stereocenters. The second-order valence-electron chi connectivity index (χ2n) is 6.86. The van der Waals surface area contributed by atoms with Gasteiger partial charge in [0.1, 0.15) is 23.7 Å². The van der Waals surface area contributed by atoms with Gasteiger partial charge in [-0.15, -0.1) is 0 Å². The maximum Gasteiger partial charge on any atom is 0.270 e. The molecule has 1 saturated heterocycles. The molecular weight excluding hydrogens is 495 g/mol. The Kier molecular flexibility index (Phi) is 6.43. The van der Waals surface area contributed by atoms with Crippen molar-refractivity contribution in [2.45, 2.75) is 6.61 Å². The van der Waals surface area contributed by atoms with Gasteiger partial charge in [0.2, 0.25) is 0 Å². The monoisotopic (exact) mass is 510 g/mol. The molecule has 1 aliphatic rings. The molecule has 0 aliphatic carbocycles. The molecule has 2 amide bonds. The second-order valence-corrected chi connectivity index (χ2v) is 8.16. The number of nitrogens with one attached hydrogen (secondary N) is 1. The number of benzene rings is 3. The van der Waals surface area contributed by atoms with E-state index in [2.05, 4.69) is 21.2 Å². The lowest BCUT2D eigenvalue weighted by Crippen LogP contribution is -2.54. The van der Waals surface area contributed by atoms with Crippen LogP contribution in [0.5, 0.6) is 5.75 Å². The maximum absolute atomic E-state index is 14.0. The van der Waals surface area contributed by atoms with Crippen LogP contribution in [0.1, 0.15) is 11.1 Å². The highest BCUT2D eigenvalue weighted by Gasteiger charge is 2.34. The van der Waals surface area contributed by atoms with Gasteiger partial charge in [-0.25, -0.2) is 4.39 Å². The lowest BCUT2D eigenvalue weighted by Gasteiger charge is -2.29. The number of anilines is 1. The molecule has 0 saturated carbocycles. The number of hydrogen-bond acceptors (Lipinski definition) is 4. The molecule has 1 N–H and O–H groups in total. The van der Waals surface area contributed by atoms with Crippen molar-refractivity contribution in [2.24, 2.45) is 0 Å². The summed E-state index contributed by atoms with van der Waals surface area (Å²) in [6.07, 6.45) is 1.44. The van der Waals surface area contributed by atoms with Crippen LogP contribution in [0.25, 0.3) is 6.08 Å². The molecule has 1 aliphatic heterocycles. The third-order valence-corrected chi connectivity index (χ3v) is 5.51. The number of halogens is 2. The summed E-state index contributed by atoms with van der Waals surface area (Å²) in [6.45, 7) is -0.00908. The van der Waals surface area contributed by atoms with Gasteiger partial charge in [-0.05, 0) is 54.7 Å². The zero-order valence-corrected chi connectivity index (χ0v) is 19.0. The fourth-order valence-electron chi connectivity index (χ4n) is 3.16. The first kappa shape index (κ1) is 21.9. The van der Waals surface area contributed by atoms with Crippen LogP contribution >= 0.6 is 28.1 Å². The van der Waals surface area contributed by atoms with Crippen LogP contribution < -0.4 is 15.0 Å². The molecule has 3 aromatic rings. The first-order valence-electron chi connectivity index (χ1n) is 9.56. The van der Waals surface area contributed by atoms with Crippen LogP contribution in [-0.2, 0) is 16.2 Å². The Morgan fingerprint density at radius 3 is 2.50 bits per heavy atom. The molecular formula is C24H16BrFN2O3S. The maximum atomic E-state index is 14.0. The smallest absolute Gasteiger partial charge is 0.270 e. The minimum Gasteiger partial charge on any atom is -0.488 e. The predicted molar refractivity (Wildman–Crippen MR) is 128 cm³/mol. The van der Waals surface area contributed by atoms with E-state index in [1.165, 1.54) is 17.0 Å². The van der Waals surface area contributed by atoms with Gasteiger partial charge in [-0.1, -0.05) is 52.3 Å². The molecule has 0 bridgehead atoms. The second kappa shape index (κ2) is 9.42. The average molecular weight is 511 g/mol. The molecule has 0 aromatic heterocycles. The van der Waals surface area contributed by atoms with Gasteiger partial charge < -0.3 is 4.74 Å². The van der Waals surface area contributed by atoms with E-state index >= 15 is 0 Å². The Balaban J connectivity index is 1.68. The highest BCUT2D eigenvalue weighted by atomic mass is 79.9. The number of ether oxygens (including phenoxy) is 1. The number of carbonyl (C=O) groups excluding carboxylic acids is 2. The van der Waals surface area contributed by atoms with Crippen LogP contribution in [0.15, 0.2) is 82.8 Å². The molecule has 5 nitrogen and oxygen atoms in total. The Morgan fingerprint density at radius 2 is 1.75 bits per heavy atom. The van der Waals surface area contributed by atoms with Crippen molar-refractivity contribution >= 4 is 56.8 Å². The van der Waals surface area contributed by atoms with E-state index in [1.54, 1.807) is 60.7 Å². The Labute approximate surface area is 197 Å². The van der Waals surface area contributed by atoms with Gasteiger partial charge in [0.15, 0.2) is 5.11 Å². The highest BCUT2D eigenvalue weighted by Crippen LogP contribution is 2.29. The highest BCUT2D eigenvalue weighted by molar-refractivity contribution is 9.10. The van der Waals surface area contributed by atoms with Crippen molar-refractivity contribution in [3.63, 3.8) is 0 Å². The summed E-state index contributed by atoms with van der Waals surface area (Å²) in [4.78, 5) is 27.0. The minimum absolute atomic E-state index is 0.00798. The van der Waals surface area contributed by atoms with Crippen molar-refractivity contribution in [1.82, 2.24) is 5.32 Å². The first-order valence-corrected chi connectivity index (χ1v) is 10.8. The lowest BCUT2D eigenvalue weighted by atomic mass is 10.1. The van der Waals surface area contributed by atoms with Crippen molar-refractivity contribution in [3.8, 4) is 5.75 Å². The summed E-state index contributed by atoms with van der Waals surface area (Å²) in [7, 11) is 0. The van der Waals surface area contributed by atoms with Gasteiger partial charge in [0, 0.05) is 15.6 Å². The molecule has 1 fully saturated rings. The Hall–Kier alpha value is -3.36. The number of nitrogens with zero attached hydrogens (tertiary/aromatic N) is 1. The van der Waals surface area contributed by atoms with Crippen molar-refractivity contribution < 1.29 is 18.7 Å². The number of rotatable bonds is 5. The van der Waals surface area contributed by atoms with Gasteiger partial charge in [-0.3, -0.25) is 19.8 Å². The number of para-hydroxylation sites is 1. The van der Waals surface area contributed by atoms with Crippen molar-refractivity contribution in [2.75, 3.05) is 4.90 Å². The van der Waals surface area contributed by atoms with E-state index in [4.69, 9.17) is 17.0 Å². The SMILES string of the molecule is O=C1NC(=S)N(c2ccccc2)C(=O)/C1=C\c1cc(Br)ccc1OCc1ccccc1F. The Morgan fingerprint density at radius 1 is 1.03 bits per heavy atom. The minimum atomic E-state index is -0.604. The topological polar surface area (TPSA) is 58.6 Å². The summed E-state index contributed by atoms with van der Waals surface area (Å²) < 4.78 is 20.5. The van der Waals surface area contributed by atoms with Gasteiger partial charge in [0.25, 0.3) is 11.8 Å². The van der Waals surface area contributed by atoms with Crippen molar-refractivity contribution in [1.29, 1.82) is 0 Å². The molecule has 0 unspecified atom stereocenters. The zero-order valence-electron chi connectivity index (χ0n) is 16.5. The lowest BCUT2D eigenvalue weighted by molar-refractivity contribution is -0.122. The number of amides is 2. The molecule has 3 aromatic carbocycles. The van der Waals surface area contributed by atoms with E-state index in [0.717, 1.165) is 4.47 Å². The standard InChI is InChI=1S/C24H16BrFN2O3S/c25-17-10-11-21(31-14-15-6-4-5-9-20(15)26)16(12-17)13-19-22(29)27-24(32)28(23(19)30)18-7-2-1-3-8-18/h1-13H,14H2,(H,27,29,32)/b19-13-. The zero-order chi connectivity index (χ0) is 22.7. The third-order valence-electron chi connectivity index (χ3n) is 4.73. The van der Waals surface area contributed by atoms with E-state index in [0.29, 0.717) is 22.6 Å². The molecule has 8 heteroatoms. The van der Waals surface area contributed by atoms with Crippen LogP contribution in [-0.4, -0.2) is 16.9 Å². The van der Waals surface area contributed by atoms with E-state index in [9.17, 15) is 14.0 Å². The molecule has 1 heterocycles. The number of thiocarbonyl (C=S) groups is 1. The normalized spacial score (nSPS) is 15.1. The Bertz CT molecular complexity index is 1250. The predicted octanol–water partition coefficient (Wildman–Crippen LogP) is 5.00. The van der Waals surface area contributed by atoms with E-state index in [-0.39, 0.29) is 23.1 Å². The van der Waals surface area contributed by atoms with Gasteiger partial charge >= 0.3 is 0 Å². The first-order chi connectivity index (χ1) is 15.4. The van der Waals surface area contributed by atoms with Crippen LogP contribution in [0.3, 0.4) is 0 Å². The summed E-state index contributed by atoms with van der Waals surface area (Å²) >= 11 is 8.61. The van der Waals surface area contributed by atoms with E-state index < -0.39 is 11.8 Å². The van der Waals surface area contributed by atoms with Crippen LogP contribution in [0.2, 0.25) is 0 Å². The van der Waals surface area contributed by atoms with Crippen molar-refractivity contribution in [3.05, 3.63) is 99.8 Å². The third kappa shape index (κ3) is 4.61. The van der Waals surface area contributed by atoms with Crippen LogP contribution in [0, 0.1) is 5.82 Å². The fraction of sp³-hybridized carbons (Fsp3) is 0.0417. The average Bonchev–Trinajstić information content (AvgIpc) is 2.77. The number of carbonyl (C=O) groups is 2. The molecule has 32 heavy (non-hydrogen) atoms. The largest absolute Gasteiger partial charge is 0.488 e. The van der Waals surface area contributed by atoms with Gasteiger partial charge in [-0.2, -0.15) is 0 Å². The summed E-state index contributed by atoms with van der Waals surface area (Å²) in [5.74, 6) is -1.14. The summed E-state index contributed by atoms with van der Waals surface area (Å²) in [6, 6.07) is 20.3.